The SMILES string of the molecule is Cc1cc(C)cc(OCCNC(=O)C2CNC(=O)N(C)C2=O)c1. The number of aryl methyl sites for hydroxylation is 2. The van der Waals surface area contributed by atoms with Crippen LogP contribution in [0.5, 0.6) is 5.75 Å². The molecule has 23 heavy (non-hydrogen) atoms. The summed E-state index contributed by atoms with van der Waals surface area (Å²) in [6.45, 7) is 4.58. The molecule has 1 aromatic rings. The number of ether oxygens (including phenoxy) is 1. The Balaban J connectivity index is 1.79. The van der Waals surface area contributed by atoms with Gasteiger partial charge < -0.3 is 15.4 Å². The van der Waals surface area contributed by atoms with Crippen LogP contribution in [0.1, 0.15) is 11.1 Å². The number of carbonyl (C=O) groups excluding carboxylic acids is 3. The third-order valence-electron chi connectivity index (χ3n) is 3.57. The van der Waals surface area contributed by atoms with Crippen LogP contribution in [0.25, 0.3) is 0 Å². The van der Waals surface area contributed by atoms with Crippen LogP contribution in [-0.2, 0) is 9.59 Å². The number of benzene rings is 1. The maximum atomic E-state index is 12.0. The maximum Gasteiger partial charge on any atom is 0.323 e. The van der Waals surface area contributed by atoms with Crippen LogP contribution in [0, 0.1) is 19.8 Å². The summed E-state index contributed by atoms with van der Waals surface area (Å²) >= 11 is 0. The fourth-order valence-corrected chi connectivity index (χ4v) is 2.42. The number of carbonyl (C=O) groups is 3. The van der Waals surface area contributed by atoms with E-state index in [9.17, 15) is 14.4 Å². The summed E-state index contributed by atoms with van der Waals surface area (Å²) in [6, 6.07) is 5.40. The van der Waals surface area contributed by atoms with Crippen molar-refractivity contribution >= 4 is 17.8 Å². The fourth-order valence-electron chi connectivity index (χ4n) is 2.42. The average Bonchev–Trinajstić information content (AvgIpc) is 2.48. The molecule has 1 atom stereocenters. The van der Waals surface area contributed by atoms with Gasteiger partial charge in [-0.25, -0.2) is 4.79 Å². The second kappa shape index (κ2) is 7.13. The number of urea groups is 1. The van der Waals surface area contributed by atoms with Crippen molar-refractivity contribution < 1.29 is 19.1 Å². The van der Waals surface area contributed by atoms with E-state index in [0.717, 1.165) is 21.8 Å². The summed E-state index contributed by atoms with van der Waals surface area (Å²) in [5, 5.41) is 5.15. The number of nitrogens with one attached hydrogen (secondary N) is 2. The molecule has 4 amide bonds. The predicted molar refractivity (Wildman–Crippen MR) is 84.1 cm³/mol. The van der Waals surface area contributed by atoms with Crippen molar-refractivity contribution in [3.8, 4) is 5.75 Å². The summed E-state index contributed by atoms with van der Waals surface area (Å²) in [5.41, 5.74) is 2.21. The van der Waals surface area contributed by atoms with Crippen LogP contribution in [-0.4, -0.2) is 49.5 Å². The van der Waals surface area contributed by atoms with Gasteiger partial charge in [0.15, 0.2) is 0 Å². The van der Waals surface area contributed by atoms with E-state index in [2.05, 4.69) is 10.6 Å². The molecule has 1 heterocycles. The monoisotopic (exact) mass is 319 g/mol. The Morgan fingerprint density at radius 2 is 1.96 bits per heavy atom. The lowest BCUT2D eigenvalue weighted by Crippen LogP contribution is -2.57. The minimum atomic E-state index is -0.890. The highest BCUT2D eigenvalue weighted by Gasteiger charge is 2.36. The molecule has 1 aliphatic rings. The zero-order chi connectivity index (χ0) is 17.0. The van der Waals surface area contributed by atoms with E-state index >= 15 is 0 Å². The molecule has 1 saturated heterocycles. The molecule has 0 saturated carbocycles. The van der Waals surface area contributed by atoms with Crippen LogP contribution in [0.2, 0.25) is 0 Å². The topological polar surface area (TPSA) is 87.7 Å². The molecular formula is C16H21N3O4. The highest BCUT2D eigenvalue weighted by atomic mass is 16.5. The number of hydrogen-bond acceptors (Lipinski definition) is 4. The van der Waals surface area contributed by atoms with Crippen molar-refractivity contribution in [1.82, 2.24) is 15.5 Å². The van der Waals surface area contributed by atoms with E-state index in [1.54, 1.807) is 0 Å². The number of amides is 4. The van der Waals surface area contributed by atoms with Gasteiger partial charge in [0.2, 0.25) is 11.8 Å². The first-order valence-electron chi connectivity index (χ1n) is 7.42. The highest BCUT2D eigenvalue weighted by molar-refractivity contribution is 6.08. The van der Waals surface area contributed by atoms with E-state index < -0.39 is 23.8 Å². The summed E-state index contributed by atoms with van der Waals surface area (Å²) in [6.07, 6.45) is 0. The number of rotatable bonds is 5. The molecule has 0 spiro atoms. The van der Waals surface area contributed by atoms with Crippen LogP contribution in [0.3, 0.4) is 0 Å². The molecule has 0 bridgehead atoms. The molecule has 7 heteroatoms. The van der Waals surface area contributed by atoms with Crippen LogP contribution < -0.4 is 15.4 Å². The molecule has 1 unspecified atom stereocenters. The van der Waals surface area contributed by atoms with E-state index in [1.807, 2.05) is 32.0 Å². The van der Waals surface area contributed by atoms with E-state index in [1.165, 1.54) is 7.05 Å². The molecular weight excluding hydrogens is 298 g/mol. The minimum Gasteiger partial charge on any atom is -0.492 e. The largest absolute Gasteiger partial charge is 0.492 e. The van der Waals surface area contributed by atoms with Gasteiger partial charge in [-0.1, -0.05) is 6.07 Å². The van der Waals surface area contributed by atoms with Gasteiger partial charge in [-0.05, 0) is 37.1 Å². The van der Waals surface area contributed by atoms with Gasteiger partial charge >= 0.3 is 6.03 Å². The van der Waals surface area contributed by atoms with E-state index in [0.29, 0.717) is 6.61 Å². The molecule has 7 nitrogen and oxygen atoms in total. The molecule has 1 fully saturated rings. The normalized spacial score (nSPS) is 17.7. The van der Waals surface area contributed by atoms with Gasteiger partial charge in [-0.2, -0.15) is 0 Å². The van der Waals surface area contributed by atoms with Crippen LogP contribution >= 0.6 is 0 Å². The molecule has 0 radical (unpaired) electrons. The Labute approximate surface area is 135 Å². The van der Waals surface area contributed by atoms with Crippen molar-refractivity contribution in [2.24, 2.45) is 5.92 Å². The lowest BCUT2D eigenvalue weighted by molar-refractivity contribution is -0.140. The smallest absolute Gasteiger partial charge is 0.323 e. The van der Waals surface area contributed by atoms with Crippen molar-refractivity contribution in [3.63, 3.8) is 0 Å². The second-order valence-electron chi connectivity index (χ2n) is 5.60. The standard InChI is InChI=1S/C16H21N3O4/c1-10-6-11(2)8-12(7-10)23-5-4-17-14(20)13-9-18-16(22)19(3)15(13)21/h6-8,13H,4-5,9H2,1-3H3,(H,17,20)(H,18,22). The molecule has 2 N–H and O–H groups in total. The quantitative estimate of drug-likeness (QED) is 0.614. The van der Waals surface area contributed by atoms with Crippen molar-refractivity contribution in [1.29, 1.82) is 0 Å². The first kappa shape index (κ1) is 16.8. The van der Waals surface area contributed by atoms with Gasteiger partial charge in [-0.15, -0.1) is 0 Å². The molecule has 124 valence electrons. The van der Waals surface area contributed by atoms with Crippen LogP contribution in [0.15, 0.2) is 18.2 Å². The summed E-state index contributed by atoms with van der Waals surface area (Å²) < 4.78 is 5.59. The lowest BCUT2D eigenvalue weighted by atomic mass is 10.1. The molecule has 0 aliphatic carbocycles. The predicted octanol–water partition coefficient (Wildman–Crippen LogP) is 0.596. The number of nitrogens with zero attached hydrogens (tertiary/aromatic N) is 1. The van der Waals surface area contributed by atoms with Gasteiger partial charge in [-0.3, -0.25) is 14.5 Å². The second-order valence-corrected chi connectivity index (χ2v) is 5.60. The Bertz CT molecular complexity index is 610. The molecule has 1 aromatic carbocycles. The highest BCUT2D eigenvalue weighted by Crippen LogP contribution is 2.15. The van der Waals surface area contributed by atoms with Crippen molar-refractivity contribution in [2.45, 2.75) is 13.8 Å². The zero-order valence-corrected chi connectivity index (χ0v) is 13.5. The molecule has 0 aromatic heterocycles. The fraction of sp³-hybridized carbons (Fsp3) is 0.438. The van der Waals surface area contributed by atoms with Crippen molar-refractivity contribution in [3.05, 3.63) is 29.3 Å². The Kier molecular flexibility index (Phi) is 5.20. The van der Waals surface area contributed by atoms with Crippen LogP contribution in [0.4, 0.5) is 4.79 Å². The summed E-state index contributed by atoms with van der Waals surface area (Å²) in [4.78, 5) is 36.1. The zero-order valence-electron chi connectivity index (χ0n) is 13.5. The summed E-state index contributed by atoms with van der Waals surface area (Å²) in [5.74, 6) is -1.05. The maximum absolute atomic E-state index is 12.0. The first-order valence-corrected chi connectivity index (χ1v) is 7.42. The molecule has 2 rings (SSSR count). The minimum absolute atomic E-state index is 0.0196. The first-order chi connectivity index (χ1) is 10.9. The third kappa shape index (κ3) is 4.21. The van der Waals surface area contributed by atoms with Gasteiger partial charge in [0, 0.05) is 13.6 Å². The van der Waals surface area contributed by atoms with Gasteiger partial charge in [0.05, 0.1) is 6.54 Å². The summed E-state index contributed by atoms with van der Waals surface area (Å²) in [7, 11) is 1.35. The molecule has 1 aliphatic heterocycles. The van der Waals surface area contributed by atoms with Gasteiger partial charge in [0.1, 0.15) is 18.3 Å². The average molecular weight is 319 g/mol. The van der Waals surface area contributed by atoms with Gasteiger partial charge in [0.25, 0.3) is 0 Å². The van der Waals surface area contributed by atoms with Crippen molar-refractivity contribution in [2.75, 3.05) is 26.7 Å². The Morgan fingerprint density at radius 3 is 2.61 bits per heavy atom. The Hall–Kier alpha value is -2.57. The lowest BCUT2D eigenvalue weighted by Gasteiger charge is -2.27. The third-order valence-corrected chi connectivity index (χ3v) is 3.57. The number of hydrogen-bond donors (Lipinski definition) is 2. The van der Waals surface area contributed by atoms with E-state index in [-0.39, 0.29) is 13.1 Å². The number of imide groups is 1. The Morgan fingerprint density at radius 1 is 1.30 bits per heavy atom. The van der Waals surface area contributed by atoms with E-state index in [4.69, 9.17) is 4.74 Å².